The molecule has 0 saturated carbocycles. The lowest BCUT2D eigenvalue weighted by Gasteiger charge is -2.23. The third-order valence-electron chi connectivity index (χ3n) is 3.54. The molecule has 23 heavy (non-hydrogen) atoms. The van der Waals surface area contributed by atoms with Gasteiger partial charge in [-0.05, 0) is 44.3 Å². The zero-order chi connectivity index (χ0) is 16.7. The number of nitrogens with one attached hydrogen (secondary N) is 1. The average Bonchev–Trinajstić information content (AvgIpc) is 2.52. The molecule has 1 atom stereocenters. The van der Waals surface area contributed by atoms with Crippen molar-refractivity contribution >= 4 is 5.91 Å². The zero-order valence-electron chi connectivity index (χ0n) is 14.0. The summed E-state index contributed by atoms with van der Waals surface area (Å²) in [6.45, 7) is 2.95. The molecule has 0 radical (unpaired) electrons. The molecule has 0 fully saturated rings. The first-order valence-electron chi connectivity index (χ1n) is 7.76. The molecule has 1 amide bonds. The number of hydrogen-bond donors (Lipinski definition) is 1. The van der Waals surface area contributed by atoms with E-state index in [-0.39, 0.29) is 11.9 Å². The van der Waals surface area contributed by atoms with Gasteiger partial charge in [0.1, 0.15) is 18.4 Å². The van der Waals surface area contributed by atoms with Gasteiger partial charge in [-0.15, -0.1) is 0 Å². The summed E-state index contributed by atoms with van der Waals surface area (Å²) < 4.78 is 5.65. The summed E-state index contributed by atoms with van der Waals surface area (Å²) in [5, 5.41) is 2.94. The maximum atomic E-state index is 12.4. The van der Waals surface area contributed by atoms with Crippen molar-refractivity contribution in [1.82, 2.24) is 10.2 Å². The Morgan fingerprint density at radius 2 is 1.87 bits per heavy atom. The minimum atomic E-state index is -0.296. The minimum absolute atomic E-state index is 0.0194. The Balaban J connectivity index is 1.85. The number of hydrogen-bond acceptors (Lipinski definition) is 3. The van der Waals surface area contributed by atoms with E-state index >= 15 is 0 Å². The van der Waals surface area contributed by atoms with Crippen molar-refractivity contribution in [3.8, 4) is 5.75 Å². The second-order valence-corrected chi connectivity index (χ2v) is 5.73. The molecule has 0 saturated heterocycles. The van der Waals surface area contributed by atoms with Crippen LogP contribution in [0.3, 0.4) is 0 Å². The number of rotatable bonds is 7. The van der Waals surface area contributed by atoms with Gasteiger partial charge in [0.2, 0.25) is 5.91 Å². The van der Waals surface area contributed by atoms with Crippen molar-refractivity contribution in [3.63, 3.8) is 0 Å². The van der Waals surface area contributed by atoms with E-state index in [0.717, 1.165) is 16.9 Å². The molecule has 4 nitrogen and oxygen atoms in total. The summed E-state index contributed by atoms with van der Waals surface area (Å²) >= 11 is 0. The van der Waals surface area contributed by atoms with Gasteiger partial charge < -0.3 is 10.1 Å². The van der Waals surface area contributed by atoms with Crippen LogP contribution in [0.25, 0.3) is 0 Å². The second kappa shape index (κ2) is 8.34. The molecule has 0 aromatic heterocycles. The quantitative estimate of drug-likeness (QED) is 0.799. The van der Waals surface area contributed by atoms with Crippen molar-refractivity contribution < 1.29 is 9.53 Å². The van der Waals surface area contributed by atoms with E-state index < -0.39 is 0 Å². The Bertz CT molecular complexity index is 626. The lowest BCUT2D eigenvalue weighted by atomic mass is 10.1. The highest BCUT2D eigenvalue weighted by Gasteiger charge is 2.22. The molecule has 0 aliphatic rings. The van der Waals surface area contributed by atoms with Crippen LogP contribution in [-0.4, -0.2) is 38.1 Å². The summed E-state index contributed by atoms with van der Waals surface area (Å²) in [7, 11) is 3.81. The lowest BCUT2D eigenvalue weighted by molar-refractivity contribution is -0.125. The maximum Gasteiger partial charge on any atom is 0.242 e. The number of nitrogens with zero attached hydrogens (tertiary/aromatic N) is 1. The molecule has 122 valence electrons. The van der Waals surface area contributed by atoms with Gasteiger partial charge in [-0.1, -0.05) is 42.5 Å². The van der Waals surface area contributed by atoms with E-state index in [9.17, 15) is 4.79 Å². The molecular weight excluding hydrogens is 288 g/mol. The fraction of sp³-hybridized carbons (Fsp3) is 0.316. The number of amides is 1. The smallest absolute Gasteiger partial charge is 0.242 e. The molecule has 2 rings (SSSR count). The molecule has 4 heteroatoms. The number of ether oxygens (including phenoxy) is 1. The number of benzene rings is 2. The van der Waals surface area contributed by atoms with Crippen LogP contribution in [0.5, 0.6) is 5.75 Å². The van der Waals surface area contributed by atoms with Gasteiger partial charge in [0.05, 0.1) is 6.54 Å². The van der Waals surface area contributed by atoms with Crippen molar-refractivity contribution in [2.75, 3.05) is 27.2 Å². The van der Waals surface area contributed by atoms with Gasteiger partial charge in [-0.3, -0.25) is 9.69 Å². The molecule has 2 aromatic rings. The highest BCUT2D eigenvalue weighted by molar-refractivity contribution is 5.83. The first kappa shape index (κ1) is 17.0. The van der Waals surface area contributed by atoms with Crippen LogP contribution in [0.15, 0.2) is 54.6 Å². The van der Waals surface area contributed by atoms with Crippen LogP contribution >= 0.6 is 0 Å². The Morgan fingerprint density at radius 3 is 2.52 bits per heavy atom. The summed E-state index contributed by atoms with van der Waals surface area (Å²) in [4.78, 5) is 14.4. The number of aryl methyl sites for hydroxylation is 1. The minimum Gasteiger partial charge on any atom is -0.492 e. The fourth-order valence-electron chi connectivity index (χ4n) is 2.46. The monoisotopic (exact) mass is 312 g/mol. The van der Waals surface area contributed by atoms with Gasteiger partial charge in [0.25, 0.3) is 0 Å². The van der Waals surface area contributed by atoms with Crippen LogP contribution in [-0.2, 0) is 4.79 Å². The molecule has 0 spiro atoms. The lowest BCUT2D eigenvalue weighted by Crippen LogP contribution is -2.38. The van der Waals surface area contributed by atoms with E-state index in [2.05, 4.69) is 5.32 Å². The van der Waals surface area contributed by atoms with E-state index in [1.807, 2.05) is 80.5 Å². The Morgan fingerprint density at radius 1 is 1.13 bits per heavy atom. The molecular formula is C19H24N2O2. The van der Waals surface area contributed by atoms with E-state index in [0.29, 0.717) is 13.2 Å². The van der Waals surface area contributed by atoms with Crippen molar-refractivity contribution in [3.05, 3.63) is 65.7 Å². The molecule has 0 aliphatic carbocycles. The van der Waals surface area contributed by atoms with Crippen LogP contribution in [0.1, 0.15) is 17.2 Å². The van der Waals surface area contributed by atoms with Crippen LogP contribution < -0.4 is 10.1 Å². The van der Waals surface area contributed by atoms with Gasteiger partial charge in [-0.25, -0.2) is 0 Å². The van der Waals surface area contributed by atoms with Crippen molar-refractivity contribution in [2.24, 2.45) is 0 Å². The normalized spacial score (nSPS) is 12.0. The van der Waals surface area contributed by atoms with Gasteiger partial charge in [-0.2, -0.15) is 0 Å². The first-order chi connectivity index (χ1) is 11.1. The standard InChI is InChI=1S/C19H24N2O2/c1-15-8-7-11-17(14-15)23-13-12-20-19(22)18(21(2)3)16-9-5-4-6-10-16/h4-11,14,18H,12-13H2,1-3H3,(H,20,22)/t18-/m0/s1. The zero-order valence-corrected chi connectivity index (χ0v) is 14.0. The summed E-state index contributed by atoms with van der Waals surface area (Å²) in [6.07, 6.45) is 0. The summed E-state index contributed by atoms with van der Waals surface area (Å²) in [5.41, 5.74) is 2.14. The molecule has 0 bridgehead atoms. The second-order valence-electron chi connectivity index (χ2n) is 5.73. The van der Waals surface area contributed by atoms with Crippen LogP contribution in [0, 0.1) is 6.92 Å². The van der Waals surface area contributed by atoms with Crippen molar-refractivity contribution in [1.29, 1.82) is 0 Å². The molecule has 2 aromatic carbocycles. The Labute approximate surface area is 138 Å². The SMILES string of the molecule is Cc1cccc(OCCNC(=O)[C@H](c2ccccc2)N(C)C)c1. The van der Waals surface area contributed by atoms with Gasteiger partial charge >= 0.3 is 0 Å². The third kappa shape index (κ3) is 5.11. The maximum absolute atomic E-state index is 12.4. The highest BCUT2D eigenvalue weighted by atomic mass is 16.5. The largest absolute Gasteiger partial charge is 0.492 e. The average molecular weight is 312 g/mol. The predicted molar refractivity (Wildman–Crippen MR) is 92.6 cm³/mol. The summed E-state index contributed by atoms with van der Waals surface area (Å²) in [5.74, 6) is 0.806. The number of carbonyl (C=O) groups excluding carboxylic acids is 1. The van der Waals surface area contributed by atoms with Crippen LogP contribution in [0.4, 0.5) is 0 Å². The van der Waals surface area contributed by atoms with E-state index in [1.165, 1.54) is 0 Å². The topological polar surface area (TPSA) is 41.6 Å². The van der Waals surface area contributed by atoms with E-state index in [4.69, 9.17) is 4.74 Å². The van der Waals surface area contributed by atoms with Crippen molar-refractivity contribution in [2.45, 2.75) is 13.0 Å². The Hall–Kier alpha value is -2.33. The predicted octanol–water partition coefficient (Wildman–Crippen LogP) is 2.79. The Kier molecular flexibility index (Phi) is 6.18. The first-order valence-corrected chi connectivity index (χ1v) is 7.76. The summed E-state index contributed by atoms with van der Waals surface area (Å²) in [6, 6.07) is 17.4. The molecule has 0 unspecified atom stereocenters. The van der Waals surface area contributed by atoms with Crippen LogP contribution in [0.2, 0.25) is 0 Å². The molecule has 0 heterocycles. The number of likely N-dealkylation sites (N-methyl/N-ethyl adjacent to an activating group) is 1. The number of carbonyl (C=O) groups is 1. The van der Waals surface area contributed by atoms with E-state index in [1.54, 1.807) is 0 Å². The molecule has 1 N–H and O–H groups in total. The van der Waals surface area contributed by atoms with Gasteiger partial charge in [0, 0.05) is 0 Å². The molecule has 0 aliphatic heterocycles. The van der Waals surface area contributed by atoms with Gasteiger partial charge in [0.15, 0.2) is 0 Å². The third-order valence-corrected chi connectivity index (χ3v) is 3.54. The fourth-order valence-corrected chi connectivity index (χ4v) is 2.46. The highest BCUT2D eigenvalue weighted by Crippen LogP contribution is 2.17.